The second-order valence-corrected chi connectivity index (χ2v) is 4.63. The summed E-state index contributed by atoms with van der Waals surface area (Å²) in [5, 5.41) is 16.3. The van der Waals surface area contributed by atoms with Crippen molar-refractivity contribution in [3.8, 4) is 0 Å². The molecule has 2 heterocycles. The van der Waals surface area contributed by atoms with Crippen LogP contribution in [0.25, 0.3) is 5.65 Å². The molecule has 0 bridgehead atoms. The van der Waals surface area contributed by atoms with Crippen LogP contribution in [0, 0.1) is 6.92 Å². The predicted octanol–water partition coefficient (Wildman–Crippen LogP) is 1.98. The minimum atomic E-state index is 0.652. The van der Waals surface area contributed by atoms with Gasteiger partial charge in [-0.15, -0.1) is 14.8 Å². The van der Waals surface area contributed by atoms with Crippen molar-refractivity contribution in [3.05, 3.63) is 42.0 Å². The van der Waals surface area contributed by atoms with Crippen molar-refractivity contribution in [2.24, 2.45) is 0 Å². The highest BCUT2D eigenvalue weighted by Gasteiger charge is 2.04. The number of hydrogen-bond donors (Lipinski definition) is 0. The van der Waals surface area contributed by atoms with E-state index in [1.54, 1.807) is 11.8 Å². The quantitative estimate of drug-likeness (QED) is 0.688. The lowest BCUT2D eigenvalue weighted by atomic mass is 10.2. The van der Waals surface area contributed by atoms with Crippen LogP contribution in [0.4, 0.5) is 0 Å². The van der Waals surface area contributed by atoms with Gasteiger partial charge in [0.05, 0.1) is 0 Å². The van der Waals surface area contributed by atoms with Gasteiger partial charge in [-0.2, -0.15) is 0 Å². The average molecular weight is 243 g/mol. The molecule has 6 heteroatoms. The molecule has 0 saturated heterocycles. The van der Waals surface area contributed by atoms with Gasteiger partial charge in [-0.25, -0.2) is 0 Å². The number of benzene rings is 1. The number of tetrazole rings is 1. The zero-order chi connectivity index (χ0) is 11.7. The molecule has 0 aliphatic carbocycles. The molecule has 17 heavy (non-hydrogen) atoms. The normalized spacial score (nSPS) is 10.9. The van der Waals surface area contributed by atoms with E-state index < -0.39 is 0 Å². The maximum Gasteiger partial charge on any atom is 0.200 e. The lowest BCUT2D eigenvalue weighted by molar-refractivity contribution is 0.702. The maximum absolute atomic E-state index is 4.32. The first-order valence-corrected chi connectivity index (χ1v) is 5.93. The highest BCUT2D eigenvalue weighted by Crippen LogP contribution is 2.28. The number of nitrogens with zero attached hydrogens (tertiary/aromatic N) is 5. The van der Waals surface area contributed by atoms with Gasteiger partial charge in [-0.3, -0.25) is 0 Å². The molecule has 2 aromatic heterocycles. The third kappa shape index (κ3) is 1.99. The van der Waals surface area contributed by atoms with Gasteiger partial charge in [0.25, 0.3) is 0 Å². The van der Waals surface area contributed by atoms with E-state index in [0.717, 1.165) is 5.03 Å². The maximum atomic E-state index is 4.32. The van der Waals surface area contributed by atoms with Crippen molar-refractivity contribution in [1.29, 1.82) is 0 Å². The average Bonchev–Trinajstić information content (AvgIpc) is 2.79. The zero-order valence-electron chi connectivity index (χ0n) is 9.11. The van der Waals surface area contributed by atoms with E-state index in [4.69, 9.17) is 0 Å². The molecule has 84 valence electrons. The Balaban J connectivity index is 1.97. The Morgan fingerprint density at radius 2 is 2.00 bits per heavy atom. The molecule has 0 aliphatic rings. The van der Waals surface area contributed by atoms with Crippen molar-refractivity contribution < 1.29 is 0 Å². The summed E-state index contributed by atoms with van der Waals surface area (Å²) in [5.41, 5.74) is 1.88. The zero-order valence-corrected chi connectivity index (χ0v) is 9.92. The van der Waals surface area contributed by atoms with E-state index in [9.17, 15) is 0 Å². The second-order valence-electron chi connectivity index (χ2n) is 3.57. The van der Waals surface area contributed by atoms with E-state index in [1.807, 2.05) is 24.3 Å². The number of hydrogen-bond acceptors (Lipinski definition) is 5. The fourth-order valence-electron chi connectivity index (χ4n) is 1.47. The molecule has 0 saturated carbocycles. The Labute approximate surface area is 102 Å². The molecule has 0 spiro atoms. The molecule has 1 aromatic carbocycles. The molecule has 0 fully saturated rings. The smallest absolute Gasteiger partial charge is 0.140 e. The van der Waals surface area contributed by atoms with Crippen LogP contribution >= 0.6 is 11.8 Å². The minimum absolute atomic E-state index is 0.652. The van der Waals surface area contributed by atoms with Crippen LogP contribution in [0.2, 0.25) is 0 Å². The SMILES string of the molecule is Cc1ccccc1Sc1ccc2nnnn2n1. The van der Waals surface area contributed by atoms with Gasteiger partial charge < -0.3 is 0 Å². The van der Waals surface area contributed by atoms with E-state index in [2.05, 4.69) is 39.7 Å². The van der Waals surface area contributed by atoms with Crippen LogP contribution in [0.5, 0.6) is 0 Å². The molecular formula is C11H9N5S. The second kappa shape index (κ2) is 4.14. The van der Waals surface area contributed by atoms with Crippen molar-refractivity contribution >= 4 is 17.4 Å². The molecule has 5 nitrogen and oxygen atoms in total. The molecule has 0 radical (unpaired) electrons. The Hall–Kier alpha value is -1.95. The van der Waals surface area contributed by atoms with Gasteiger partial charge in [0.15, 0.2) is 5.65 Å². The number of aryl methyl sites for hydroxylation is 1. The van der Waals surface area contributed by atoms with Crippen LogP contribution in [-0.2, 0) is 0 Å². The standard InChI is InChI=1S/C11H9N5S/c1-8-4-2-3-5-9(8)17-11-7-6-10-12-14-15-16(10)13-11/h2-7H,1H3. The minimum Gasteiger partial charge on any atom is -0.140 e. The molecule has 0 unspecified atom stereocenters. The van der Waals surface area contributed by atoms with Gasteiger partial charge in [0, 0.05) is 4.90 Å². The number of fused-ring (bicyclic) bond motifs is 1. The van der Waals surface area contributed by atoms with Crippen molar-refractivity contribution in [2.45, 2.75) is 16.8 Å². The monoisotopic (exact) mass is 243 g/mol. The van der Waals surface area contributed by atoms with E-state index in [0.29, 0.717) is 5.65 Å². The lowest BCUT2D eigenvalue weighted by Gasteiger charge is -2.03. The predicted molar refractivity (Wildman–Crippen MR) is 63.9 cm³/mol. The van der Waals surface area contributed by atoms with E-state index in [1.165, 1.54) is 15.1 Å². The summed E-state index contributed by atoms with van der Waals surface area (Å²) in [7, 11) is 0. The largest absolute Gasteiger partial charge is 0.200 e. The summed E-state index contributed by atoms with van der Waals surface area (Å²) >= 11 is 1.60. The van der Waals surface area contributed by atoms with Crippen LogP contribution in [0.3, 0.4) is 0 Å². The van der Waals surface area contributed by atoms with Gasteiger partial charge in [0.2, 0.25) is 0 Å². The molecular weight excluding hydrogens is 234 g/mol. The third-order valence-electron chi connectivity index (χ3n) is 2.35. The van der Waals surface area contributed by atoms with Gasteiger partial charge in [-0.1, -0.05) is 30.0 Å². The first-order valence-electron chi connectivity index (χ1n) is 5.12. The molecule has 0 atom stereocenters. The van der Waals surface area contributed by atoms with Crippen molar-refractivity contribution in [1.82, 2.24) is 25.3 Å². The van der Waals surface area contributed by atoms with Crippen molar-refractivity contribution in [2.75, 3.05) is 0 Å². The lowest BCUT2D eigenvalue weighted by Crippen LogP contribution is -1.95. The summed E-state index contributed by atoms with van der Waals surface area (Å²) in [6.07, 6.45) is 0. The van der Waals surface area contributed by atoms with E-state index >= 15 is 0 Å². The Morgan fingerprint density at radius 3 is 2.88 bits per heavy atom. The van der Waals surface area contributed by atoms with Crippen LogP contribution < -0.4 is 0 Å². The first-order chi connectivity index (χ1) is 8.33. The first kappa shape index (κ1) is 10.2. The highest BCUT2D eigenvalue weighted by atomic mass is 32.2. The topological polar surface area (TPSA) is 56.0 Å². The Morgan fingerprint density at radius 1 is 1.12 bits per heavy atom. The van der Waals surface area contributed by atoms with Crippen molar-refractivity contribution in [3.63, 3.8) is 0 Å². The summed E-state index contributed by atoms with van der Waals surface area (Å²) < 4.78 is 1.43. The molecule has 3 rings (SSSR count). The number of rotatable bonds is 2. The molecule has 0 N–H and O–H groups in total. The van der Waals surface area contributed by atoms with Crippen LogP contribution in [0.1, 0.15) is 5.56 Å². The summed E-state index contributed by atoms with van der Waals surface area (Å²) in [6.45, 7) is 2.08. The summed E-state index contributed by atoms with van der Waals surface area (Å²) in [5.74, 6) is 0. The third-order valence-corrected chi connectivity index (χ3v) is 3.46. The van der Waals surface area contributed by atoms with Gasteiger partial charge >= 0.3 is 0 Å². The fourth-order valence-corrected chi connectivity index (χ4v) is 2.33. The van der Waals surface area contributed by atoms with E-state index in [-0.39, 0.29) is 0 Å². The van der Waals surface area contributed by atoms with Crippen LogP contribution in [-0.4, -0.2) is 25.3 Å². The molecule has 0 aliphatic heterocycles. The summed E-state index contributed by atoms with van der Waals surface area (Å²) in [6, 6.07) is 12.0. The van der Waals surface area contributed by atoms with Gasteiger partial charge in [0.1, 0.15) is 5.03 Å². The number of aromatic nitrogens is 5. The van der Waals surface area contributed by atoms with Gasteiger partial charge in [-0.05, 0) is 41.1 Å². The fraction of sp³-hybridized carbons (Fsp3) is 0.0909. The molecule has 3 aromatic rings. The Bertz CT molecular complexity index is 664. The van der Waals surface area contributed by atoms with Crippen LogP contribution in [0.15, 0.2) is 46.3 Å². The summed E-state index contributed by atoms with van der Waals surface area (Å²) in [4.78, 5) is 1.19. The molecule has 0 amide bonds. The Kier molecular flexibility index (Phi) is 2.49. The highest BCUT2D eigenvalue weighted by molar-refractivity contribution is 7.99.